The van der Waals surface area contributed by atoms with E-state index in [0.29, 0.717) is 17.2 Å². The maximum atomic E-state index is 12.4. The molecule has 0 aromatic heterocycles. The van der Waals surface area contributed by atoms with E-state index in [1.54, 1.807) is 32.4 Å². The van der Waals surface area contributed by atoms with Crippen molar-refractivity contribution in [1.82, 2.24) is 0 Å². The molecule has 24 heavy (non-hydrogen) atoms. The summed E-state index contributed by atoms with van der Waals surface area (Å²) >= 11 is 0. The maximum Gasteiger partial charge on any atom is 0.243 e. The number of benzene rings is 2. The van der Waals surface area contributed by atoms with Gasteiger partial charge in [-0.1, -0.05) is 6.07 Å². The van der Waals surface area contributed by atoms with Gasteiger partial charge in [0, 0.05) is 18.8 Å². The Bertz CT molecular complexity index is 708. The predicted molar refractivity (Wildman–Crippen MR) is 97.4 cm³/mol. The first-order chi connectivity index (χ1) is 11.4. The number of methoxy groups -OCH3 is 2. The summed E-state index contributed by atoms with van der Waals surface area (Å²) in [6.45, 7) is 4.33. The molecule has 5 heteroatoms. The molecular formula is C19H24N2O3. The molecule has 0 atom stereocenters. The normalized spacial score (nSPS) is 10.2. The van der Waals surface area contributed by atoms with Crippen LogP contribution < -0.4 is 19.7 Å². The molecule has 0 aliphatic rings. The van der Waals surface area contributed by atoms with Crippen LogP contribution in [0.3, 0.4) is 0 Å². The van der Waals surface area contributed by atoms with Gasteiger partial charge < -0.3 is 19.7 Å². The summed E-state index contributed by atoms with van der Waals surface area (Å²) in [4.78, 5) is 14.3. The topological polar surface area (TPSA) is 50.8 Å². The number of carbonyl (C=O) groups excluding carboxylic acids is 1. The summed E-state index contributed by atoms with van der Waals surface area (Å²) in [6.07, 6.45) is 0. The first kappa shape index (κ1) is 17.7. The molecule has 2 aromatic carbocycles. The highest BCUT2D eigenvalue weighted by Gasteiger charge is 2.12. The Balaban J connectivity index is 2.10. The molecule has 128 valence electrons. The van der Waals surface area contributed by atoms with E-state index in [1.807, 2.05) is 25.8 Å². The fourth-order valence-electron chi connectivity index (χ4n) is 2.58. The Morgan fingerprint density at radius 1 is 1.04 bits per heavy atom. The van der Waals surface area contributed by atoms with Gasteiger partial charge >= 0.3 is 0 Å². The Hall–Kier alpha value is -2.69. The van der Waals surface area contributed by atoms with Gasteiger partial charge in [0.25, 0.3) is 0 Å². The van der Waals surface area contributed by atoms with Gasteiger partial charge in [-0.3, -0.25) is 4.79 Å². The number of aryl methyl sites for hydroxylation is 2. The fraction of sp³-hybridized carbons (Fsp3) is 0.316. The standard InChI is InChI=1S/C19H24N2O3/c1-13-8-14(2)10-15(9-13)21(3)12-19(22)20-17-11-16(23-4)6-7-18(17)24-5/h6-11H,12H2,1-5H3,(H,20,22). The van der Waals surface area contributed by atoms with Crippen molar-refractivity contribution in [2.24, 2.45) is 0 Å². The molecule has 0 saturated heterocycles. The number of hydrogen-bond donors (Lipinski definition) is 1. The first-order valence-corrected chi connectivity index (χ1v) is 7.74. The molecule has 0 aliphatic heterocycles. The lowest BCUT2D eigenvalue weighted by Gasteiger charge is -2.20. The zero-order valence-corrected chi connectivity index (χ0v) is 14.8. The monoisotopic (exact) mass is 328 g/mol. The minimum atomic E-state index is -0.122. The summed E-state index contributed by atoms with van der Waals surface area (Å²) in [7, 11) is 5.05. The Labute approximate surface area is 143 Å². The van der Waals surface area contributed by atoms with Crippen LogP contribution in [0.5, 0.6) is 11.5 Å². The van der Waals surface area contributed by atoms with E-state index in [0.717, 1.165) is 5.69 Å². The molecular weight excluding hydrogens is 304 g/mol. The molecule has 0 radical (unpaired) electrons. The van der Waals surface area contributed by atoms with Gasteiger partial charge in [-0.2, -0.15) is 0 Å². The second kappa shape index (κ2) is 7.73. The minimum Gasteiger partial charge on any atom is -0.497 e. The summed E-state index contributed by atoms with van der Waals surface area (Å²) in [5.41, 5.74) is 3.95. The molecule has 0 aliphatic carbocycles. The van der Waals surface area contributed by atoms with Gasteiger partial charge in [0.15, 0.2) is 0 Å². The number of likely N-dealkylation sites (N-methyl/N-ethyl adjacent to an activating group) is 1. The largest absolute Gasteiger partial charge is 0.497 e. The van der Waals surface area contributed by atoms with Crippen molar-refractivity contribution in [3.05, 3.63) is 47.5 Å². The van der Waals surface area contributed by atoms with Crippen molar-refractivity contribution in [2.75, 3.05) is 38.0 Å². The third-order valence-corrected chi connectivity index (χ3v) is 3.71. The van der Waals surface area contributed by atoms with Gasteiger partial charge in [0.05, 0.1) is 26.5 Å². The van der Waals surface area contributed by atoms with E-state index in [1.165, 1.54) is 11.1 Å². The quantitative estimate of drug-likeness (QED) is 0.883. The summed E-state index contributed by atoms with van der Waals surface area (Å²) < 4.78 is 10.5. The van der Waals surface area contributed by atoms with Gasteiger partial charge in [0.2, 0.25) is 5.91 Å². The first-order valence-electron chi connectivity index (χ1n) is 7.74. The number of rotatable bonds is 6. The number of amides is 1. The summed E-state index contributed by atoms with van der Waals surface area (Å²) in [6, 6.07) is 11.5. The minimum absolute atomic E-state index is 0.122. The molecule has 2 rings (SSSR count). The SMILES string of the molecule is COc1ccc(OC)c(NC(=O)CN(C)c2cc(C)cc(C)c2)c1. The van der Waals surface area contributed by atoms with Gasteiger partial charge in [0.1, 0.15) is 11.5 Å². The predicted octanol–water partition coefficient (Wildman–Crippen LogP) is 3.40. The summed E-state index contributed by atoms with van der Waals surface area (Å²) in [5, 5.41) is 2.88. The molecule has 5 nitrogen and oxygen atoms in total. The average Bonchev–Trinajstić information content (AvgIpc) is 2.53. The second-order valence-corrected chi connectivity index (χ2v) is 5.82. The third kappa shape index (κ3) is 4.41. The van der Waals surface area contributed by atoms with E-state index in [9.17, 15) is 4.79 Å². The zero-order chi connectivity index (χ0) is 17.7. The van der Waals surface area contributed by atoms with Crippen molar-refractivity contribution in [3.63, 3.8) is 0 Å². The van der Waals surface area contributed by atoms with E-state index in [-0.39, 0.29) is 12.5 Å². The van der Waals surface area contributed by atoms with Gasteiger partial charge in [-0.05, 0) is 49.2 Å². The number of hydrogen-bond acceptors (Lipinski definition) is 4. The number of nitrogens with zero attached hydrogens (tertiary/aromatic N) is 1. The zero-order valence-electron chi connectivity index (χ0n) is 14.8. The molecule has 0 spiro atoms. The van der Waals surface area contributed by atoms with Crippen LogP contribution in [0.2, 0.25) is 0 Å². The highest BCUT2D eigenvalue weighted by molar-refractivity contribution is 5.95. The van der Waals surface area contributed by atoms with Crippen LogP contribution in [0.25, 0.3) is 0 Å². The number of nitrogens with one attached hydrogen (secondary N) is 1. The number of ether oxygens (including phenoxy) is 2. The maximum absolute atomic E-state index is 12.4. The summed E-state index contributed by atoms with van der Waals surface area (Å²) in [5.74, 6) is 1.13. The molecule has 0 saturated carbocycles. The molecule has 0 fully saturated rings. The van der Waals surface area contributed by atoms with Gasteiger partial charge in [-0.25, -0.2) is 0 Å². The lowest BCUT2D eigenvalue weighted by atomic mass is 10.1. The van der Waals surface area contributed by atoms with Crippen LogP contribution in [0.4, 0.5) is 11.4 Å². The molecule has 0 unspecified atom stereocenters. The lowest BCUT2D eigenvalue weighted by molar-refractivity contribution is -0.114. The van der Waals surface area contributed by atoms with Crippen molar-refractivity contribution >= 4 is 17.3 Å². The van der Waals surface area contributed by atoms with E-state index in [2.05, 4.69) is 23.5 Å². The second-order valence-electron chi connectivity index (χ2n) is 5.82. The molecule has 1 N–H and O–H groups in total. The van der Waals surface area contributed by atoms with Crippen molar-refractivity contribution in [1.29, 1.82) is 0 Å². The smallest absolute Gasteiger partial charge is 0.243 e. The number of anilines is 2. The fourth-order valence-corrected chi connectivity index (χ4v) is 2.58. The van der Waals surface area contributed by atoms with Crippen molar-refractivity contribution in [3.8, 4) is 11.5 Å². The molecule has 2 aromatic rings. The van der Waals surface area contributed by atoms with Crippen LogP contribution in [-0.4, -0.2) is 33.7 Å². The molecule has 1 amide bonds. The van der Waals surface area contributed by atoms with Crippen LogP contribution in [0, 0.1) is 13.8 Å². The van der Waals surface area contributed by atoms with Crippen LogP contribution >= 0.6 is 0 Å². The van der Waals surface area contributed by atoms with E-state index < -0.39 is 0 Å². The van der Waals surface area contributed by atoms with Crippen LogP contribution in [0.15, 0.2) is 36.4 Å². The Morgan fingerprint density at radius 2 is 1.71 bits per heavy atom. The van der Waals surface area contributed by atoms with E-state index in [4.69, 9.17) is 9.47 Å². The van der Waals surface area contributed by atoms with Crippen molar-refractivity contribution in [2.45, 2.75) is 13.8 Å². The average molecular weight is 328 g/mol. The van der Waals surface area contributed by atoms with Crippen molar-refractivity contribution < 1.29 is 14.3 Å². The van der Waals surface area contributed by atoms with Crippen LogP contribution in [-0.2, 0) is 4.79 Å². The molecule has 0 heterocycles. The van der Waals surface area contributed by atoms with Crippen LogP contribution in [0.1, 0.15) is 11.1 Å². The highest BCUT2D eigenvalue weighted by atomic mass is 16.5. The highest BCUT2D eigenvalue weighted by Crippen LogP contribution is 2.29. The lowest BCUT2D eigenvalue weighted by Crippen LogP contribution is -2.30. The van der Waals surface area contributed by atoms with Gasteiger partial charge in [-0.15, -0.1) is 0 Å². The Morgan fingerprint density at radius 3 is 2.29 bits per heavy atom. The number of carbonyl (C=O) groups is 1. The third-order valence-electron chi connectivity index (χ3n) is 3.71. The molecule has 0 bridgehead atoms. The van der Waals surface area contributed by atoms with E-state index >= 15 is 0 Å². The Kier molecular flexibility index (Phi) is 5.68.